The third-order valence-electron chi connectivity index (χ3n) is 2.55. The molecule has 0 atom stereocenters. The smallest absolute Gasteiger partial charge is 0.311 e. The van der Waals surface area contributed by atoms with Gasteiger partial charge in [0.25, 0.3) is 0 Å². The summed E-state index contributed by atoms with van der Waals surface area (Å²) in [6.45, 7) is -0.692. The van der Waals surface area contributed by atoms with Gasteiger partial charge >= 0.3 is 5.69 Å². The standard InChI is InChI=1S/C14H11NO7/c16-9-5-6-10(15(19)20)13(7-9)22-12-4-2-1-3-11(12)21-8-14(17)18/h1-7,16H,8H2,(H,17,18)/p-1. The van der Waals surface area contributed by atoms with Crippen LogP contribution in [0.4, 0.5) is 5.69 Å². The van der Waals surface area contributed by atoms with Gasteiger partial charge in [0.05, 0.1) is 10.9 Å². The van der Waals surface area contributed by atoms with Crippen molar-refractivity contribution in [3.63, 3.8) is 0 Å². The minimum atomic E-state index is -1.42. The molecule has 0 radical (unpaired) electrons. The number of nitrogens with zero attached hydrogens (tertiary/aromatic N) is 1. The third kappa shape index (κ3) is 3.63. The Balaban J connectivity index is 2.33. The Labute approximate surface area is 124 Å². The van der Waals surface area contributed by atoms with Crippen LogP contribution in [0.2, 0.25) is 0 Å². The summed E-state index contributed by atoms with van der Waals surface area (Å²) in [4.78, 5) is 20.7. The second-order valence-corrected chi connectivity index (χ2v) is 4.12. The summed E-state index contributed by atoms with van der Waals surface area (Å²) in [5.41, 5.74) is -0.354. The van der Waals surface area contributed by atoms with E-state index in [0.717, 1.165) is 18.2 Å². The first-order valence-electron chi connectivity index (χ1n) is 6.04. The number of nitro benzene ring substituents is 1. The number of carboxylic acids is 1. The number of rotatable bonds is 6. The van der Waals surface area contributed by atoms with E-state index >= 15 is 0 Å². The lowest BCUT2D eigenvalue weighted by Crippen LogP contribution is -2.29. The fourth-order valence-electron chi connectivity index (χ4n) is 1.64. The lowest BCUT2D eigenvalue weighted by atomic mass is 10.2. The van der Waals surface area contributed by atoms with Gasteiger partial charge in [-0.1, -0.05) is 12.1 Å². The van der Waals surface area contributed by atoms with Crippen LogP contribution in [0, 0.1) is 10.1 Å². The van der Waals surface area contributed by atoms with Crippen molar-refractivity contribution in [2.24, 2.45) is 0 Å². The molecule has 0 saturated heterocycles. The fourth-order valence-corrected chi connectivity index (χ4v) is 1.64. The number of carbonyl (C=O) groups excluding carboxylic acids is 1. The normalized spacial score (nSPS) is 10.0. The molecule has 0 aliphatic carbocycles. The van der Waals surface area contributed by atoms with Crippen molar-refractivity contribution in [1.82, 2.24) is 0 Å². The van der Waals surface area contributed by atoms with Gasteiger partial charge in [0.15, 0.2) is 11.5 Å². The summed E-state index contributed by atoms with van der Waals surface area (Å²) in [7, 11) is 0. The molecule has 0 aliphatic rings. The van der Waals surface area contributed by atoms with Crippen LogP contribution in [0.25, 0.3) is 0 Å². The monoisotopic (exact) mass is 304 g/mol. The van der Waals surface area contributed by atoms with Crippen molar-refractivity contribution in [3.8, 4) is 23.0 Å². The van der Waals surface area contributed by atoms with E-state index in [4.69, 9.17) is 9.47 Å². The number of hydrogen-bond donors (Lipinski definition) is 1. The number of nitro groups is 1. The molecule has 1 N–H and O–H groups in total. The molecule has 2 rings (SSSR count). The highest BCUT2D eigenvalue weighted by molar-refractivity contribution is 5.66. The number of phenols is 1. The molecule has 0 bridgehead atoms. The molecule has 0 spiro atoms. The zero-order valence-electron chi connectivity index (χ0n) is 11.1. The van der Waals surface area contributed by atoms with Crippen LogP contribution in [-0.2, 0) is 4.79 Å². The summed E-state index contributed by atoms with van der Waals surface area (Å²) >= 11 is 0. The van der Waals surface area contributed by atoms with Crippen LogP contribution in [0.3, 0.4) is 0 Å². The molecule has 0 aromatic heterocycles. The number of carbonyl (C=O) groups is 1. The molecule has 0 aliphatic heterocycles. The largest absolute Gasteiger partial charge is 0.546 e. The molecule has 0 unspecified atom stereocenters. The summed E-state index contributed by atoms with van der Waals surface area (Å²) in [6.07, 6.45) is 0. The maximum Gasteiger partial charge on any atom is 0.311 e. The van der Waals surface area contributed by atoms with Gasteiger partial charge < -0.3 is 24.5 Å². The lowest BCUT2D eigenvalue weighted by Gasteiger charge is -2.12. The van der Waals surface area contributed by atoms with Crippen LogP contribution >= 0.6 is 0 Å². The van der Waals surface area contributed by atoms with E-state index in [1.54, 1.807) is 12.1 Å². The number of aromatic hydroxyl groups is 1. The Bertz CT molecular complexity index is 714. The van der Waals surface area contributed by atoms with Gasteiger partial charge in [0.1, 0.15) is 12.4 Å². The van der Waals surface area contributed by atoms with Gasteiger partial charge in [-0.3, -0.25) is 10.1 Å². The quantitative estimate of drug-likeness (QED) is 0.628. The van der Waals surface area contributed by atoms with Crippen molar-refractivity contribution < 1.29 is 29.4 Å². The highest BCUT2D eigenvalue weighted by Crippen LogP contribution is 2.37. The van der Waals surface area contributed by atoms with E-state index in [1.807, 2.05) is 0 Å². The second kappa shape index (κ2) is 6.44. The van der Waals surface area contributed by atoms with Crippen LogP contribution in [-0.4, -0.2) is 22.6 Å². The molecular weight excluding hydrogens is 294 g/mol. The Hall–Kier alpha value is -3.29. The molecule has 0 heterocycles. The molecule has 2 aromatic carbocycles. The number of hydrogen-bond acceptors (Lipinski definition) is 7. The number of aliphatic carboxylic acids is 1. The van der Waals surface area contributed by atoms with E-state index in [2.05, 4.69) is 0 Å². The Morgan fingerprint density at radius 2 is 1.82 bits per heavy atom. The van der Waals surface area contributed by atoms with Crippen LogP contribution < -0.4 is 14.6 Å². The topological polar surface area (TPSA) is 122 Å². The van der Waals surface area contributed by atoms with Crippen molar-refractivity contribution >= 4 is 11.7 Å². The summed E-state index contributed by atoms with van der Waals surface area (Å²) in [5, 5.41) is 30.8. The molecule has 0 fully saturated rings. The Kier molecular flexibility index (Phi) is 4.42. The first-order chi connectivity index (χ1) is 10.5. The molecule has 0 amide bonds. The molecule has 8 heteroatoms. The molecular formula is C14H10NO7-. The third-order valence-corrected chi connectivity index (χ3v) is 2.55. The Morgan fingerprint density at radius 1 is 1.14 bits per heavy atom. The number of ether oxygens (including phenoxy) is 2. The highest BCUT2D eigenvalue weighted by Gasteiger charge is 2.18. The predicted molar refractivity (Wildman–Crippen MR) is 71.8 cm³/mol. The van der Waals surface area contributed by atoms with Crippen LogP contribution in [0.1, 0.15) is 0 Å². The zero-order valence-corrected chi connectivity index (χ0v) is 11.1. The first kappa shape index (κ1) is 15.1. The zero-order chi connectivity index (χ0) is 16.1. The summed E-state index contributed by atoms with van der Waals surface area (Å²) < 4.78 is 10.4. The molecule has 2 aromatic rings. The van der Waals surface area contributed by atoms with Crippen molar-refractivity contribution in [2.75, 3.05) is 6.61 Å². The summed E-state index contributed by atoms with van der Waals surface area (Å²) in [6, 6.07) is 9.36. The van der Waals surface area contributed by atoms with Crippen molar-refractivity contribution in [3.05, 3.63) is 52.6 Å². The van der Waals surface area contributed by atoms with Gasteiger partial charge in [-0.2, -0.15) is 0 Å². The molecule has 8 nitrogen and oxygen atoms in total. The maximum atomic E-state index is 10.9. The fraction of sp³-hybridized carbons (Fsp3) is 0.0714. The van der Waals surface area contributed by atoms with Gasteiger partial charge in [-0.05, 0) is 18.2 Å². The lowest BCUT2D eigenvalue weighted by molar-refractivity contribution is -0.385. The average Bonchev–Trinajstić information content (AvgIpc) is 2.46. The number of phenolic OH excluding ortho intramolecular Hbond substituents is 1. The summed E-state index contributed by atoms with van der Waals surface area (Å²) in [5.74, 6) is -1.69. The van der Waals surface area contributed by atoms with Gasteiger partial charge in [0.2, 0.25) is 5.75 Å². The first-order valence-corrected chi connectivity index (χ1v) is 6.04. The second-order valence-electron chi connectivity index (χ2n) is 4.12. The van der Waals surface area contributed by atoms with E-state index in [-0.39, 0.29) is 28.7 Å². The van der Waals surface area contributed by atoms with Gasteiger partial charge in [-0.15, -0.1) is 0 Å². The van der Waals surface area contributed by atoms with Crippen LogP contribution in [0.15, 0.2) is 42.5 Å². The van der Waals surface area contributed by atoms with E-state index < -0.39 is 17.5 Å². The predicted octanol–water partition coefficient (Wildman–Crippen LogP) is 1.22. The average molecular weight is 304 g/mol. The minimum absolute atomic E-state index is 0.0671. The van der Waals surface area contributed by atoms with E-state index in [0.29, 0.717) is 0 Å². The van der Waals surface area contributed by atoms with E-state index in [9.17, 15) is 25.1 Å². The van der Waals surface area contributed by atoms with Crippen LogP contribution in [0.5, 0.6) is 23.0 Å². The van der Waals surface area contributed by atoms with Crippen molar-refractivity contribution in [2.45, 2.75) is 0 Å². The number of carboxylic acid groups (broad SMARTS) is 1. The molecule has 0 saturated carbocycles. The Morgan fingerprint density at radius 3 is 2.45 bits per heavy atom. The highest BCUT2D eigenvalue weighted by atomic mass is 16.6. The van der Waals surface area contributed by atoms with Crippen molar-refractivity contribution in [1.29, 1.82) is 0 Å². The maximum absolute atomic E-state index is 10.9. The van der Waals surface area contributed by atoms with Gasteiger partial charge in [0, 0.05) is 12.1 Å². The number of para-hydroxylation sites is 2. The van der Waals surface area contributed by atoms with Gasteiger partial charge in [-0.25, -0.2) is 0 Å². The van der Waals surface area contributed by atoms with E-state index in [1.165, 1.54) is 12.1 Å². The molecule has 114 valence electrons. The number of benzene rings is 2. The SMILES string of the molecule is O=C([O-])COc1ccccc1Oc1cc(O)ccc1[N+](=O)[O-]. The molecule has 22 heavy (non-hydrogen) atoms. The minimum Gasteiger partial charge on any atom is -0.546 e.